The van der Waals surface area contributed by atoms with E-state index in [0.29, 0.717) is 0 Å². The molecule has 0 aliphatic rings. The molecule has 0 aliphatic carbocycles. The summed E-state index contributed by atoms with van der Waals surface area (Å²) in [6.07, 6.45) is 0. The Kier molecular flexibility index (Phi) is 7.40. The summed E-state index contributed by atoms with van der Waals surface area (Å²) in [5, 5.41) is 17.3. The summed E-state index contributed by atoms with van der Waals surface area (Å²) in [5.74, 6) is -0.363. The fourth-order valence-corrected chi connectivity index (χ4v) is 1.72. The molecule has 0 fully saturated rings. The van der Waals surface area contributed by atoms with E-state index >= 15 is 0 Å². The molecule has 1 aromatic carbocycles. The number of aliphatic hydroxyl groups is 1. The minimum atomic E-state index is -0.403. The van der Waals surface area contributed by atoms with Crippen molar-refractivity contribution in [1.29, 1.82) is 0 Å². The van der Waals surface area contributed by atoms with Gasteiger partial charge in [0.25, 0.3) is 0 Å². The third kappa shape index (κ3) is 5.17. The van der Waals surface area contributed by atoms with E-state index in [1.807, 2.05) is 0 Å². The molecular formula is C10H12Cl5NO2. The van der Waals surface area contributed by atoms with Gasteiger partial charge in [-0.2, -0.15) is 0 Å². The first-order valence-corrected chi connectivity index (χ1v) is 6.52. The molecule has 1 aromatic rings. The van der Waals surface area contributed by atoms with Crippen molar-refractivity contribution in [2.45, 2.75) is 19.4 Å². The van der Waals surface area contributed by atoms with Crippen LogP contribution in [0.4, 0.5) is 0 Å². The van der Waals surface area contributed by atoms with Gasteiger partial charge in [0.15, 0.2) is 5.75 Å². The minimum absolute atomic E-state index is 0.00904. The lowest BCUT2D eigenvalue weighted by Gasteiger charge is -2.12. The van der Waals surface area contributed by atoms with Gasteiger partial charge >= 0.3 is 0 Å². The number of phenols is 1. The van der Waals surface area contributed by atoms with Crippen LogP contribution in [0.15, 0.2) is 0 Å². The third-order valence-electron chi connectivity index (χ3n) is 1.59. The number of rotatable bonds is 1. The van der Waals surface area contributed by atoms with E-state index in [1.165, 1.54) is 0 Å². The van der Waals surface area contributed by atoms with Crippen molar-refractivity contribution in [2.24, 2.45) is 5.73 Å². The molecule has 4 N–H and O–H groups in total. The summed E-state index contributed by atoms with van der Waals surface area (Å²) < 4.78 is 0. The molecule has 0 spiro atoms. The molecule has 1 rings (SSSR count). The summed E-state index contributed by atoms with van der Waals surface area (Å²) in [4.78, 5) is 0. The van der Waals surface area contributed by atoms with E-state index < -0.39 is 5.54 Å². The zero-order valence-electron chi connectivity index (χ0n) is 9.57. The average molecular weight is 355 g/mol. The molecule has 0 radical (unpaired) electrons. The standard InChI is InChI=1S/C6HCl5O.C4H11NO/c7-1-2(8)4(10)6(12)5(11)3(1)9;1-4(2,5)3-6/h12H;6H,3,5H2,1-2H3. The molecule has 0 unspecified atom stereocenters. The Morgan fingerprint density at radius 2 is 1.11 bits per heavy atom. The molecule has 104 valence electrons. The lowest BCUT2D eigenvalue weighted by atomic mass is 10.1. The van der Waals surface area contributed by atoms with Crippen molar-refractivity contribution in [3.05, 3.63) is 25.1 Å². The van der Waals surface area contributed by atoms with Crippen molar-refractivity contribution in [3.8, 4) is 5.75 Å². The lowest BCUT2D eigenvalue weighted by molar-refractivity contribution is 0.221. The molecular weight excluding hydrogens is 343 g/mol. The molecule has 0 atom stereocenters. The van der Waals surface area contributed by atoms with Crippen LogP contribution < -0.4 is 5.73 Å². The molecule has 8 heteroatoms. The minimum Gasteiger partial charge on any atom is -0.505 e. The normalized spacial score (nSPS) is 10.9. The molecule has 0 aliphatic heterocycles. The average Bonchev–Trinajstić information content (AvgIpc) is 2.31. The maximum Gasteiger partial charge on any atom is 0.155 e. The van der Waals surface area contributed by atoms with E-state index in [2.05, 4.69) is 0 Å². The quantitative estimate of drug-likeness (QED) is 0.517. The molecule has 0 saturated heterocycles. The van der Waals surface area contributed by atoms with Crippen LogP contribution in [-0.2, 0) is 0 Å². The largest absolute Gasteiger partial charge is 0.505 e. The predicted octanol–water partition coefficient (Wildman–Crippen LogP) is 4.38. The van der Waals surface area contributed by atoms with Crippen LogP contribution in [0.25, 0.3) is 0 Å². The maximum atomic E-state index is 9.20. The number of aromatic hydroxyl groups is 1. The van der Waals surface area contributed by atoms with Gasteiger partial charge in [0, 0.05) is 5.54 Å². The number of phenolic OH excluding ortho intramolecular Hbond substituents is 1. The fraction of sp³-hybridized carbons (Fsp3) is 0.400. The van der Waals surface area contributed by atoms with Gasteiger partial charge in [-0.05, 0) is 13.8 Å². The van der Waals surface area contributed by atoms with Crippen LogP contribution >= 0.6 is 58.0 Å². The van der Waals surface area contributed by atoms with Crippen molar-refractivity contribution in [3.63, 3.8) is 0 Å². The Hall–Kier alpha value is 0.390. The Morgan fingerprint density at radius 3 is 1.33 bits per heavy atom. The Morgan fingerprint density at radius 1 is 0.889 bits per heavy atom. The number of hydrogen-bond acceptors (Lipinski definition) is 3. The highest BCUT2D eigenvalue weighted by molar-refractivity contribution is 6.55. The summed E-state index contributed by atoms with van der Waals surface area (Å²) in [6, 6.07) is 0. The first-order valence-electron chi connectivity index (χ1n) is 4.63. The highest BCUT2D eigenvalue weighted by Gasteiger charge is 2.18. The first-order chi connectivity index (χ1) is 8.02. The Bertz CT molecular complexity index is 326. The first kappa shape index (κ1) is 18.4. The van der Waals surface area contributed by atoms with Gasteiger partial charge in [-0.25, -0.2) is 0 Å². The van der Waals surface area contributed by atoms with Gasteiger partial charge in [-0.1, -0.05) is 58.0 Å². The van der Waals surface area contributed by atoms with Crippen LogP contribution in [0, 0.1) is 0 Å². The second-order valence-electron chi connectivity index (χ2n) is 4.07. The molecule has 18 heavy (non-hydrogen) atoms. The monoisotopic (exact) mass is 353 g/mol. The number of aliphatic hydroxyl groups excluding tert-OH is 1. The van der Waals surface area contributed by atoms with E-state index in [1.54, 1.807) is 13.8 Å². The topological polar surface area (TPSA) is 66.5 Å². The van der Waals surface area contributed by atoms with Gasteiger partial charge in [-0.15, -0.1) is 0 Å². The van der Waals surface area contributed by atoms with E-state index in [9.17, 15) is 5.11 Å². The third-order valence-corrected chi connectivity index (χ3v) is 3.85. The number of nitrogens with two attached hydrogens (primary N) is 1. The zero-order valence-corrected chi connectivity index (χ0v) is 13.3. The highest BCUT2D eigenvalue weighted by Crippen LogP contribution is 2.47. The van der Waals surface area contributed by atoms with Crippen molar-refractivity contribution < 1.29 is 10.2 Å². The summed E-state index contributed by atoms with van der Waals surface area (Å²) in [6.45, 7) is 3.59. The fourth-order valence-electron chi connectivity index (χ4n) is 0.593. The van der Waals surface area contributed by atoms with Crippen molar-refractivity contribution in [1.82, 2.24) is 0 Å². The summed E-state index contributed by atoms with van der Waals surface area (Å²) in [7, 11) is 0. The molecule has 0 aromatic heterocycles. The van der Waals surface area contributed by atoms with Crippen LogP contribution in [0.1, 0.15) is 13.8 Å². The second kappa shape index (κ2) is 7.25. The van der Waals surface area contributed by atoms with Gasteiger partial charge in [0.05, 0.1) is 21.7 Å². The van der Waals surface area contributed by atoms with Crippen molar-refractivity contribution >= 4 is 58.0 Å². The summed E-state index contributed by atoms with van der Waals surface area (Å²) >= 11 is 27.9. The van der Waals surface area contributed by atoms with E-state index in [0.717, 1.165) is 0 Å². The van der Waals surface area contributed by atoms with Crippen LogP contribution in [0.3, 0.4) is 0 Å². The number of hydrogen-bond donors (Lipinski definition) is 3. The van der Waals surface area contributed by atoms with Gasteiger partial charge in [-0.3, -0.25) is 0 Å². The smallest absolute Gasteiger partial charge is 0.155 e. The lowest BCUT2D eigenvalue weighted by Crippen LogP contribution is -2.35. The maximum absolute atomic E-state index is 9.20. The summed E-state index contributed by atoms with van der Waals surface area (Å²) in [5.41, 5.74) is 4.88. The number of halogens is 5. The van der Waals surface area contributed by atoms with E-state index in [-0.39, 0.29) is 37.5 Å². The predicted molar refractivity (Wildman–Crippen MR) is 78.5 cm³/mol. The Labute approximate surface area is 130 Å². The van der Waals surface area contributed by atoms with Gasteiger partial charge < -0.3 is 15.9 Å². The molecule has 0 heterocycles. The van der Waals surface area contributed by atoms with Crippen LogP contribution in [-0.4, -0.2) is 22.4 Å². The van der Waals surface area contributed by atoms with E-state index in [4.69, 9.17) is 68.8 Å². The van der Waals surface area contributed by atoms with Gasteiger partial charge in [0.1, 0.15) is 10.0 Å². The second-order valence-corrected chi connectivity index (χ2v) is 5.96. The SMILES string of the molecule is CC(C)(N)CO.Oc1c(Cl)c(Cl)c(Cl)c(Cl)c1Cl. The van der Waals surface area contributed by atoms with Crippen LogP contribution in [0.5, 0.6) is 5.75 Å². The highest BCUT2D eigenvalue weighted by atomic mass is 35.5. The molecule has 0 bridgehead atoms. The van der Waals surface area contributed by atoms with Gasteiger partial charge in [0.2, 0.25) is 0 Å². The van der Waals surface area contributed by atoms with Crippen molar-refractivity contribution in [2.75, 3.05) is 6.61 Å². The molecule has 3 nitrogen and oxygen atoms in total. The van der Waals surface area contributed by atoms with Crippen LogP contribution in [0.2, 0.25) is 25.1 Å². The molecule has 0 saturated carbocycles. The number of benzene rings is 1. The Balaban J connectivity index is 0.000000411. The molecule has 0 amide bonds. The zero-order chi connectivity index (χ0) is 14.7.